The Morgan fingerprint density at radius 2 is 2.12 bits per heavy atom. The lowest BCUT2D eigenvalue weighted by molar-refractivity contribution is -0.155. The van der Waals surface area contributed by atoms with Gasteiger partial charge in [-0.05, 0) is 26.7 Å². The molecule has 0 saturated carbocycles. The van der Waals surface area contributed by atoms with Gasteiger partial charge in [0.15, 0.2) is 0 Å². The molecule has 0 aromatic heterocycles. The minimum absolute atomic E-state index is 0.112. The van der Waals surface area contributed by atoms with Crippen LogP contribution in [0.4, 0.5) is 0 Å². The van der Waals surface area contributed by atoms with Crippen molar-refractivity contribution in [1.29, 1.82) is 0 Å². The molecule has 1 N–H and O–H groups in total. The summed E-state index contributed by atoms with van der Waals surface area (Å²) in [6, 6.07) is -0.263. The molecular weight excluding hydrogens is 222 g/mol. The summed E-state index contributed by atoms with van der Waals surface area (Å²) in [7, 11) is 1.51. The number of likely N-dealkylation sites (tertiary alicyclic amines) is 1. The summed E-state index contributed by atoms with van der Waals surface area (Å²) < 4.78 is 5.27. The fraction of sp³-hybridized carbons (Fsp3) is 0.833. The second-order valence-corrected chi connectivity index (χ2v) is 4.76. The van der Waals surface area contributed by atoms with Gasteiger partial charge in [-0.15, -0.1) is 0 Å². The SMILES string of the molecule is CCC(C)(OC)C(=O)N1CCC(C(=O)O)C1C. The molecule has 5 heteroatoms. The third-order valence-electron chi connectivity index (χ3n) is 3.91. The maximum Gasteiger partial charge on any atom is 0.308 e. The number of carboxylic acids is 1. The van der Waals surface area contributed by atoms with Gasteiger partial charge in [0, 0.05) is 19.7 Å². The van der Waals surface area contributed by atoms with Crippen molar-refractivity contribution in [2.45, 2.75) is 45.3 Å². The Labute approximate surface area is 102 Å². The van der Waals surface area contributed by atoms with Gasteiger partial charge in [0.25, 0.3) is 5.91 Å². The first-order valence-electron chi connectivity index (χ1n) is 5.96. The molecule has 17 heavy (non-hydrogen) atoms. The molecular formula is C12H21NO4. The standard InChI is InChI=1S/C12H21NO4/c1-5-12(3,17-4)11(16)13-7-6-9(8(13)2)10(14)15/h8-9H,5-7H2,1-4H3,(H,14,15). The van der Waals surface area contributed by atoms with Crippen LogP contribution in [0, 0.1) is 5.92 Å². The molecule has 1 amide bonds. The number of nitrogens with zero attached hydrogens (tertiary/aromatic N) is 1. The highest BCUT2D eigenvalue weighted by molar-refractivity contribution is 5.86. The Kier molecular flexibility index (Phi) is 4.14. The number of hydrogen-bond acceptors (Lipinski definition) is 3. The zero-order chi connectivity index (χ0) is 13.2. The highest BCUT2D eigenvalue weighted by Crippen LogP contribution is 2.28. The van der Waals surface area contributed by atoms with Gasteiger partial charge in [0.1, 0.15) is 5.60 Å². The van der Waals surface area contributed by atoms with Crippen molar-refractivity contribution in [3.8, 4) is 0 Å². The van der Waals surface area contributed by atoms with Crippen LogP contribution < -0.4 is 0 Å². The second-order valence-electron chi connectivity index (χ2n) is 4.76. The van der Waals surface area contributed by atoms with Gasteiger partial charge in [0.05, 0.1) is 5.92 Å². The maximum absolute atomic E-state index is 12.3. The third-order valence-corrected chi connectivity index (χ3v) is 3.91. The monoisotopic (exact) mass is 243 g/mol. The average molecular weight is 243 g/mol. The number of amides is 1. The lowest BCUT2D eigenvalue weighted by Gasteiger charge is -2.33. The predicted molar refractivity (Wildman–Crippen MR) is 62.6 cm³/mol. The van der Waals surface area contributed by atoms with E-state index in [0.29, 0.717) is 19.4 Å². The summed E-state index contributed by atoms with van der Waals surface area (Å²) in [6.45, 7) is 5.91. The molecule has 1 saturated heterocycles. The second kappa shape index (κ2) is 5.04. The van der Waals surface area contributed by atoms with Gasteiger partial charge in [-0.3, -0.25) is 9.59 Å². The zero-order valence-corrected chi connectivity index (χ0v) is 10.9. The van der Waals surface area contributed by atoms with Crippen molar-refractivity contribution in [3.05, 3.63) is 0 Å². The van der Waals surface area contributed by atoms with Gasteiger partial charge >= 0.3 is 5.97 Å². The van der Waals surface area contributed by atoms with Gasteiger partial charge in [-0.1, -0.05) is 6.92 Å². The minimum Gasteiger partial charge on any atom is -0.481 e. The summed E-state index contributed by atoms with van der Waals surface area (Å²) in [6.07, 6.45) is 1.09. The molecule has 1 fully saturated rings. The van der Waals surface area contributed by atoms with E-state index in [1.54, 1.807) is 18.7 Å². The Bertz CT molecular complexity index is 312. The molecule has 1 aliphatic rings. The number of carboxylic acid groups (broad SMARTS) is 1. The van der Waals surface area contributed by atoms with E-state index in [0.717, 1.165) is 0 Å². The molecule has 0 bridgehead atoms. The molecule has 5 nitrogen and oxygen atoms in total. The largest absolute Gasteiger partial charge is 0.481 e. The minimum atomic E-state index is -0.846. The predicted octanol–water partition coefficient (Wildman–Crippen LogP) is 1.12. The van der Waals surface area contributed by atoms with Crippen LogP contribution in [0.15, 0.2) is 0 Å². The smallest absolute Gasteiger partial charge is 0.308 e. The number of hydrogen-bond donors (Lipinski definition) is 1. The molecule has 0 aromatic rings. The van der Waals surface area contributed by atoms with E-state index in [4.69, 9.17) is 9.84 Å². The maximum atomic E-state index is 12.3. The van der Waals surface area contributed by atoms with E-state index in [-0.39, 0.29) is 11.9 Å². The molecule has 3 unspecified atom stereocenters. The van der Waals surface area contributed by atoms with E-state index in [1.807, 2.05) is 6.92 Å². The lowest BCUT2D eigenvalue weighted by atomic mass is 9.99. The zero-order valence-electron chi connectivity index (χ0n) is 10.9. The van der Waals surface area contributed by atoms with Crippen LogP contribution in [0.3, 0.4) is 0 Å². The van der Waals surface area contributed by atoms with Crippen LogP contribution in [0.2, 0.25) is 0 Å². The Morgan fingerprint density at radius 3 is 2.47 bits per heavy atom. The third kappa shape index (κ3) is 2.44. The van der Waals surface area contributed by atoms with Gasteiger partial charge in [-0.25, -0.2) is 0 Å². The molecule has 1 aliphatic heterocycles. The van der Waals surface area contributed by atoms with Crippen LogP contribution in [0.25, 0.3) is 0 Å². The van der Waals surface area contributed by atoms with E-state index in [9.17, 15) is 9.59 Å². The molecule has 1 rings (SSSR count). The normalized spacial score (nSPS) is 27.9. The molecule has 0 aromatic carbocycles. The molecule has 1 heterocycles. The first-order valence-corrected chi connectivity index (χ1v) is 5.96. The number of methoxy groups -OCH3 is 1. The molecule has 3 atom stereocenters. The molecule has 0 aliphatic carbocycles. The summed E-state index contributed by atoms with van der Waals surface area (Å²) in [5.74, 6) is -1.40. The van der Waals surface area contributed by atoms with Crippen LogP contribution in [0.1, 0.15) is 33.6 Å². The van der Waals surface area contributed by atoms with Gasteiger partial charge in [-0.2, -0.15) is 0 Å². The fourth-order valence-corrected chi connectivity index (χ4v) is 2.24. The number of carbonyl (C=O) groups excluding carboxylic acids is 1. The summed E-state index contributed by atoms with van der Waals surface area (Å²) in [5, 5.41) is 9.03. The lowest BCUT2D eigenvalue weighted by Crippen LogP contribution is -2.50. The quantitative estimate of drug-likeness (QED) is 0.803. The fourth-order valence-electron chi connectivity index (χ4n) is 2.24. The Balaban J connectivity index is 2.82. The van der Waals surface area contributed by atoms with Crippen LogP contribution in [0.5, 0.6) is 0 Å². The summed E-state index contributed by atoms with van der Waals surface area (Å²) in [4.78, 5) is 24.9. The van der Waals surface area contributed by atoms with Crippen LogP contribution >= 0.6 is 0 Å². The van der Waals surface area contributed by atoms with Gasteiger partial charge in [0.2, 0.25) is 0 Å². The van der Waals surface area contributed by atoms with E-state index in [1.165, 1.54) is 7.11 Å². The number of rotatable bonds is 4. The number of aliphatic carboxylic acids is 1. The highest BCUT2D eigenvalue weighted by Gasteiger charge is 2.44. The van der Waals surface area contributed by atoms with E-state index >= 15 is 0 Å². The van der Waals surface area contributed by atoms with Crippen molar-refractivity contribution in [2.24, 2.45) is 5.92 Å². The van der Waals surface area contributed by atoms with Crippen molar-refractivity contribution >= 4 is 11.9 Å². The van der Waals surface area contributed by atoms with Crippen molar-refractivity contribution < 1.29 is 19.4 Å². The Morgan fingerprint density at radius 1 is 1.53 bits per heavy atom. The molecule has 0 spiro atoms. The average Bonchev–Trinajstić information content (AvgIpc) is 2.69. The summed E-state index contributed by atoms with van der Waals surface area (Å²) >= 11 is 0. The van der Waals surface area contributed by atoms with Crippen molar-refractivity contribution in [2.75, 3.05) is 13.7 Å². The first kappa shape index (κ1) is 14.0. The highest BCUT2D eigenvalue weighted by atomic mass is 16.5. The van der Waals surface area contributed by atoms with Crippen molar-refractivity contribution in [3.63, 3.8) is 0 Å². The van der Waals surface area contributed by atoms with Crippen molar-refractivity contribution in [1.82, 2.24) is 4.90 Å². The first-order chi connectivity index (χ1) is 7.87. The van der Waals surface area contributed by atoms with Crippen LogP contribution in [-0.4, -0.2) is 47.2 Å². The van der Waals surface area contributed by atoms with E-state index < -0.39 is 17.5 Å². The topological polar surface area (TPSA) is 66.8 Å². The van der Waals surface area contributed by atoms with Crippen LogP contribution in [-0.2, 0) is 14.3 Å². The molecule has 0 radical (unpaired) electrons. The molecule has 98 valence electrons. The summed E-state index contributed by atoms with van der Waals surface area (Å²) in [5.41, 5.74) is -0.846. The van der Waals surface area contributed by atoms with Gasteiger partial charge < -0.3 is 14.7 Å². The Hall–Kier alpha value is -1.10. The number of ether oxygens (including phenoxy) is 1. The number of carbonyl (C=O) groups is 2. The van der Waals surface area contributed by atoms with E-state index in [2.05, 4.69) is 0 Å².